The van der Waals surface area contributed by atoms with E-state index in [0.29, 0.717) is 141 Å². The molecule has 2 N–H and O–H groups in total. The minimum atomic E-state index is -1.35. The summed E-state index contributed by atoms with van der Waals surface area (Å²) in [6.07, 6.45) is 9.98. The van der Waals surface area contributed by atoms with Crippen LogP contribution in [0.1, 0.15) is 233 Å². The number of benzene rings is 2. The molecule has 8 saturated carbocycles. The first kappa shape index (κ1) is 78.2. The van der Waals surface area contributed by atoms with E-state index in [1.54, 1.807) is 0 Å². The van der Waals surface area contributed by atoms with Crippen LogP contribution >= 0.6 is 0 Å². The zero-order chi connectivity index (χ0) is 74.5. The van der Waals surface area contributed by atoms with E-state index >= 15 is 28.8 Å². The highest BCUT2D eigenvalue weighted by atomic mass is 16.6. The summed E-state index contributed by atoms with van der Waals surface area (Å²) in [5, 5.41) is 6.54. The minimum Gasteiger partial charge on any atom is -0.465 e. The molecule has 0 radical (unpaired) electrons. The van der Waals surface area contributed by atoms with Crippen molar-refractivity contribution >= 4 is 61.6 Å². The molecule has 14 bridgehead atoms. The molecule has 104 heavy (non-hydrogen) atoms. The van der Waals surface area contributed by atoms with Crippen LogP contribution in [-0.4, -0.2) is 112 Å². The van der Waals surface area contributed by atoms with Crippen molar-refractivity contribution in [2.45, 2.75) is 259 Å². The van der Waals surface area contributed by atoms with Gasteiger partial charge in [0.25, 0.3) is 25.9 Å². The molecule has 0 aromatic heterocycles. The van der Waals surface area contributed by atoms with Gasteiger partial charge in [0.05, 0.1) is 26.4 Å². The van der Waals surface area contributed by atoms with Gasteiger partial charge in [-0.1, -0.05) is 143 Å². The van der Waals surface area contributed by atoms with Gasteiger partial charge in [0, 0.05) is 58.4 Å². The number of hydrogen-bond donors (Lipinski definition) is 2. The molecule has 0 spiro atoms. The lowest BCUT2D eigenvalue weighted by Gasteiger charge is -2.65. The van der Waals surface area contributed by atoms with Crippen molar-refractivity contribution in [3.63, 3.8) is 0 Å². The van der Waals surface area contributed by atoms with Gasteiger partial charge in [0.15, 0.2) is 11.8 Å². The fourth-order valence-corrected chi connectivity index (χ4v) is 24.1. The maximum Gasteiger partial charge on any atom is 0.321 e. The zero-order valence-corrected chi connectivity index (χ0v) is 63.5. The second-order valence-electron chi connectivity index (χ2n) is 34.1. The van der Waals surface area contributed by atoms with E-state index in [1.807, 2.05) is 90.1 Å². The number of esters is 4. The molecule has 20 nitrogen and oxygen atoms in total. The third-order valence-corrected chi connectivity index (χ3v) is 29.8. The first-order valence-electron chi connectivity index (χ1n) is 39.8. The van der Waals surface area contributed by atoms with Crippen molar-refractivity contribution < 1.29 is 85.8 Å². The molecule has 0 saturated heterocycles. The summed E-state index contributed by atoms with van der Waals surface area (Å²) in [5.41, 5.74) is -1.69. The summed E-state index contributed by atoms with van der Waals surface area (Å²) >= 11 is 0. The molecule has 17 rings (SSSR count). The van der Waals surface area contributed by atoms with Crippen molar-refractivity contribution in [3.8, 4) is 0 Å². The Morgan fingerprint density at radius 2 is 0.760 bits per heavy atom. The molecule has 2 aromatic rings. The molecule has 2 aromatic carbocycles. The van der Waals surface area contributed by atoms with Crippen LogP contribution in [0.25, 0.3) is 0 Å². The molecule has 572 valence electrons. The Hall–Kier alpha value is -6.86. The largest absolute Gasteiger partial charge is 0.465 e. The fraction of sp³-hybridized carbons (Fsp3) is 0.738. The molecule has 8 aliphatic carbocycles. The van der Waals surface area contributed by atoms with E-state index in [4.69, 9.17) is 37.9 Å². The van der Waals surface area contributed by atoms with Gasteiger partial charge in [0.1, 0.15) is 24.4 Å². The van der Waals surface area contributed by atoms with Crippen molar-refractivity contribution in [1.29, 1.82) is 0 Å². The Kier molecular flexibility index (Phi) is 24.6. The second-order valence-corrected chi connectivity index (χ2v) is 34.1. The topological polar surface area (TPSA) is 269 Å². The van der Waals surface area contributed by atoms with Gasteiger partial charge in [-0.3, -0.25) is 47.9 Å². The smallest absolute Gasteiger partial charge is 0.321 e. The molecule has 8 fully saturated rings. The molecule has 7 heterocycles. The zero-order valence-electron chi connectivity index (χ0n) is 63.5. The number of unbranched alkanes of at least 4 members (excludes halogenated alkanes) is 4. The number of carbonyl (C=O) groups is 10. The molecule has 7 aliphatic heterocycles. The molecule has 15 aliphatic rings. The van der Waals surface area contributed by atoms with E-state index in [-0.39, 0.29) is 111 Å². The summed E-state index contributed by atoms with van der Waals surface area (Å²) in [5.74, 6) is -8.71. The van der Waals surface area contributed by atoms with Gasteiger partial charge in [-0.25, -0.2) is 0 Å². The number of amides is 2. The van der Waals surface area contributed by atoms with Crippen LogP contribution < -0.4 is 10.6 Å². The van der Waals surface area contributed by atoms with Crippen LogP contribution in [0, 0.1) is 105 Å². The highest BCUT2D eigenvalue weighted by molar-refractivity contribution is 5.98. The first-order chi connectivity index (χ1) is 50.0. The van der Waals surface area contributed by atoms with Gasteiger partial charge in [-0.05, 0) is 196 Å². The summed E-state index contributed by atoms with van der Waals surface area (Å²) in [4.78, 5) is 142. The van der Waals surface area contributed by atoms with Crippen molar-refractivity contribution in [2.24, 2.45) is 105 Å². The highest BCUT2D eigenvalue weighted by Crippen LogP contribution is 2.73. The van der Waals surface area contributed by atoms with Crippen LogP contribution in [0.3, 0.4) is 0 Å². The third kappa shape index (κ3) is 14.0. The van der Waals surface area contributed by atoms with E-state index in [1.165, 1.54) is 0 Å². The second kappa shape index (κ2) is 32.7. The standard InChI is InChI=1S/C84H118N2O18/c1-11-15-35-97-75(93)71(76(94)98-36-16-12-2)83-33-31-79(7)57(43-83)39-65(101-47-87)69-61-29-27-59(81(61,9)67(103-49-89)41-63(69)79)52(6)74(92)86-46-54-21-25-56(26-22-54)84(72(77(95)99-37-17-13-3)78(96)100-38-18-14-4)34-32-80(8)58(44-84)40-66(102-48-88)70-62-30-28-60(82(62,10)68(104-50-90)42-64(70)80)51(5)73(91)85-45-53-19-23-55(83)24-20-53/h19-26,47-52,57-72H,11-18,27-46H2,1-10H3,(H,85,91)(H,86,92)/t51-,52-,57?,58?,59+,60+,61-,62-,63-,64-,65+,66+,67-,68-,69-,70-,79-,80-,81+,82+,83-,84+/m0/s1. The van der Waals surface area contributed by atoms with Gasteiger partial charge >= 0.3 is 23.9 Å². The van der Waals surface area contributed by atoms with Crippen LogP contribution in [-0.2, 0) is 110 Å². The number of ether oxygens (including phenoxy) is 8. The van der Waals surface area contributed by atoms with Crippen LogP contribution in [0.4, 0.5) is 0 Å². The predicted molar refractivity (Wildman–Crippen MR) is 384 cm³/mol. The Morgan fingerprint density at radius 1 is 0.442 bits per heavy atom. The van der Waals surface area contributed by atoms with Gasteiger partial charge < -0.3 is 48.5 Å². The number of nitrogens with one attached hydrogen (secondary N) is 2. The monoisotopic (exact) mass is 1440 g/mol. The molecular weight excluding hydrogens is 1320 g/mol. The van der Waals surface area contributed by atoms with Gasteiger partial charge in [0.2, 0.25) is 11.8 Å². The van der Waals surface area contributed by atoms with Crippen LogP contribution in [0.15, 0.2) is 48.5 Å². The van der Waals surface area contributed by atoms with Crippen molar-refractivity contribution in [3.05, 3.63) is 70.8 Å². The quantitative estimate of drug-likeness (QED) is 0.0291. The first-order valence-corrected chi connectivity index (χ1v) is 39.8. The van der Waals surface area contributed by atoms with E-state index < -0.39 is 104 Å². The fourth-order valence-electron chi connectivity index (χ4n) is 24.1. The maximum atomic E-state index is 15.0. The van der Waals surface area contributed by atoms with E-state index in [9.17, 15) is 19.2 Å². The summed E-state index contributed by atoms with van der Waals surface area (Å²) < 4.78 is 49.7. The van der Waals surface area contributed by atoms with Crippen LogP contribution in [0.5, 0.6) is 0 Å². The lowest BCUT2D eigenvalue weighted by Crippen LogP contribution is -2.64. The lowest BCUT2D eigenvalue weighted by atomic mass is 9.40. The predicted octanol–water partition coefficient (Wildman–Crippen LogP) is 12.9. The Balaban J connectivity index is 1.01. The van der Waals surface area contributed by atoms with Gasteiger partial charge in [-0.15, -0.1) is 0 Å². The number of fused-ring (bicyclic) bond motifs is 2. The van der Waals surface area contributed by atoms with E-state index in [2.05, 4.69) is 38.3 Å². The average Bonchev–Trinajstić information content (AvgIpc) is 1.21. The molecule has 2 unspecified atom stereocenters. The van der Waals surface area contributed by atoms with Gasteiger partial charge in [-0.2, -0.15) is 0 Å². The normalized spacial score (nSPS) is 37.7. The number of carbonyl (C=O) groups excluding carboxylic acids is 10. The van der Waals surface area contributed by atoms with Crippen molar-refractivity contribution in [1.82, 2.24) is 10.6 Å². The Bertz CT molecular complexity index is 3140. The lowest BCUT2D eigenvalue weighted by molar-refractivity contribution is -0.219. The van der Waals surface area contributed by atoms with E-state index in [0.717, 1.165) is 47.9 Å². The maximum absolute atomic E-state index is 15.0. The summed E-state index contributed by atoms with van der Waals surface area (Å²) in [6.45, 7) is 23.7. The Labute approximate surface area is 615 Å². The highest BCUT2D eigenvalue weighted by Gasteiger charge is 2.72. The average molecular weight is 1440 g/mol. The molecular formula is C84H118N2O18. The SMILES string of the molecule is CCCCOC(=O)C(C(=O)OCCCC)[C@]12CC[C@@]3(C)C(C[C@@H](OC=O)[C@H]4[C@@H]5CC[C@H]([C@H](C)C(=O)NCc6ccc(cc6)[C@@]6(C(C(=O)OCCCC)C(=O)OCCCC)CC[C@@]7(C)C(C[C@@H](OC=O)[C@H]8[C@@H]9CC[C@H]([C@H](C)C(=O)NCc%10ccc1cc%10)[C@@]9(C)[C@@H](OC=O)C[C@@H]87)C6)[C@@]5(C)[C@@H](OC=O)C[C@@H]43)C2. The minimum absolute atomic E-state index is 0.124. The molecule has 22 atom stereocenters. The number of rotatable bonds is 26. The van der Waals surface area contributed by atoms with Crippen molar-refractivity contribution in [2.75, 3.05) is 26.4 Å². The van der Waals surface area contributed by atoms with Crippen LogP contribution in [0.2, 0.25) is 0 Å². The third-order valence-electron chi connectivity index (χ3n) is 29.8. The summed E-state index contributed by atoms with van der Waals surface area (Å²) in [7, 11) is 0. The molecule has 2 amide bonds. The molecule has 20 heteroatoms. The Morgan fingerprint density at radius 3 is 1.07 bits per heavy atom. The summed E-state index contributed by atoms with van der Waals surface area (Å²) in [6, 6.07) is 15.6. The number of hydrogen-bond acceptors (Lipinski definition) is 18.